The number of halogens is 1. The summed E-state index contributed by atoms with van der Waals surface area (Å²) in [5.74, 6) is -1.67. The third-order valence-electron chi connectivity index (χ3n) is 3.04. The van der Waals surface area contributed by atoms with Crippen LogP contribution in [0.25, 0.3) is 0 Å². The van der Waals surface area contributed by atoms with Gasteiger partial charge in [-0.05, 0) is 30.7 Å². The van der Waals surface area contributed by atoms with Gasteiger partial charge in [0.2, 0.25) is 0 Å². The van der Waals surface area contributed by atoms with E-state index in [1.165, 1.54) is 12.5 Å². The minimum absolute atomic E-state index is 0.0969. The van der Waals surface area contributed by atoms with Crippen LogP contribution in [0, 0.1) is 6.92 Å². The lowest BCUT2D eigenvalue weighted by atomic mass is 10.2. The first-order valence-electron chi connectivity index (χ1n) is 6.53. The highest BCUT2D eigenvalue weighted by Crippen LogP contribution is 2.20. The Balaban J connectivity index is 1.89. The number of amides is 2. The number of hydrogen-bond acceptors (Lipinski definition) is 4. The SMILES string of the molecule is Cc1ccc(Cl)cc1NC(=O)C(=O)NCC(O)c1ccoc1. The van der Waals surface area contributed by atoms with E-state index in [4.69, 9.17) is 16.0 Å². The fourth-order valence-electron chi connectivity index (χ4n) is 1.76. The molecule has 1 heterocycles. The van der Waals surface area contributed by atoms with Crippen LogP contribution in [0.5, 0.6) is 0 Å². The quantitative estimate of drug-likeness (QED) is 0.751. The van der Waals surface area contributed by atoms with Crippen LogP contribution >= 0.6 is 11.6 Å². The number of hydrogen-bond donors (Lipinski definition) is 3. The van der Waals surface area contributed by atoms with Crippen molar-refractivity contribution in [2.45, 2.75) is 13.0 Å². The molecule has 1 unspecified atom stereocenters. The number of carbonyl (C=O) groups is 2. The minimum Gasteiger partial charge on any atom is -0.472 e. The Morgan fingerprint density at radius 1 is 1.32 bits per heavy atom. The number of furan rings is 1. The van der Waals surface area contributed by atoms with Gasteiger partial charge in [0.05, 0.1) is 18.6 Å². The van der Waals surface area contributed by atoms with Gasteiger partial charge in [-0.25, -0.2) is 0 Å². The first-order chi connectivity index (χ1) is 10.5. The van der Waals surface area contributed by atoms with E-state index in [1.54, 1.807) is 31.2 Å². The van der Waals surface area contributed by atoms with Crippen molar-refractivity contribution in [2.75, 3.05) is 11.9 Å². The largest absolute Gasteiger partial charge is 0.472 e. The number of anilines is 1. The van der Waals surface area contributed by atoms with Crippen molar-refractivity contribution in [2.24, 2.45) is 0 Å². The van der Waals surface area contributed by atoms with E-state index in [0.29, 0.717) is 16.3 Å². The summed E-state index contributed by atoms with van der Waals surface area (Å²) in [6, 6.07) is 6.56. The lowest BCUT2D eigenvalue weighted by molar-refractivity contribution is -0.136. The summed E-state index contributed by atoms with van der Waals surface area (Å²) in [7, 11) is 0. The Morgan fingerprint density at radius 3 is 2.77 bits per heavy atom. The molecular formula is C15H15ClN2O4. The maximum absolute atomic E-state index is 11.8. The zero-order chi connectivity index (χ0) is 16.1. The maximum Gasteiger partial charge on any atom is 0.313 e. The van der Waals surface area contributed by atoms with Gasteiger partial charge in [-0.15, -0.1) is 0 Å². The van der Waals surface area contributed by atoms with Gasteiger partial charge in [-0.1, -0.05) is 17.7 Å². The van der Waals surface area contributed by atoms with E-state index in [2.05, 4.69) is 10.6 Å². The van der Waals surface area contributed by atoms with Gasteiger partial charge in [0.15, 0.2) is 0 Å². The molecule has 7 heteroatoms. The number of rotatable bonds is 4. The molecule has 0 aliphatic heterocycles. The summed E-state index contributed by atoms with van der Waals surface area (Å²) < 4.78 is 4.83. The maximum atomic E-state index is 11.8. The van der Waals surface area contributed by atoms with Crippen molar-refractivity contribution in [1.82, 2.24) is 5.32 Å². The third-order valence-corrected chi connectivity index (χ3v) is 3.27. The summed E-state index contributed by atoms with van der Waals surface area (Å²) in [5.41, 5.74) is 1.76. The molecule has 0 bridgehead atoms. The van der Waals surface area contributed by atoms with Gasteiger partial charge in [0.1, 0.15) is 0 Å². The molecule has 116 valence electrons. The number of carbonyl (C=O) groups excluding carboxylic acids is 2. The van der Waals surface area contributed by atoms with Gasteiger partial charge < -0.3 is 20.2 Å². The Kier molecular flexibility index (Phi) is 5.19. The molecule has 0 saturated carbocycles. The average Bonchev–Trinajstić information content (AvgIpc) is 3.02. The van der Waals surface area contributed by atoms with Crippen LogP contribution in [0.2, 0.25) is 5.02 Å². The monoisotopic (exact) mass is 322 g/mol. The Hall–Kier alpha value is -2.31. The van der Waals surface area contributed by atoms with Crippen LogP contribution < -0.4 is 10.6 Å². The normalized spacial score (nSPS) is 11.8. The van der Waals surface area contributed by atoms with Crippen molar-refractivity contribution >= 4 is 29.1 Å². The van der Waals surface area contributed by atoms with Gasteiger partial charge in [-0.3, -0.25) is 9.59 Å². The smallest absolute Gasteiger partial charge is 0.313 e. The molecule has 2 aromatic rings. The fraction of sp³-hybridized carbons (Fsp3) is 0.200. The predicted molar refractivity (Wildman–Crippen MR) is 81.5 cm³/mol. The molecule has 0 aliphatic rings. The molecule has 22 heavy (non-hydrogen) atoms. The summed E-state index contributed by atoms with van der Waals surface area (Å²) >= 11 is 5.85. The number of aryl methyl sites for hydroxylation is 1. The van der Waals surface area contributed by atoms with Crippen LogP contribution in [-0.2, 0) is 9.59 Å². The fourth-order valence-corrected chi connectivity index (χ4v) is 1.93. The Morgan fingerprint density at radius 2 is 2.09 bits per heavy atom. The van der Waals surface area contributed by atoms with Crippen molar-refractivity contribution in [3.63, 3.8) is 0 Å². The topological polar surface area (TPSA) is 91.6 Å². The molecule has 1 atom stereocenters. The molecule has 0 spiro atoms. The molecule has 3 N–H and O–H groups in total. The van der Waals surface area contributed by atoms with E-state index in [1.807, 2.05) is 0 Å². The van der Waals surface area contributed by atoms with Gasteiger partial charge in [-0.2, -0.15) is 0 Å². The lowest BCUT2D eigenvalue weighted by Crippen LogP contribution is -2.37. The second kappa shape index (κ2) is 7.11. The highest BCUT2D eigenvalue weighted by molar-refractivity contribution is 6.40. The average molecular weight is 323 g/mol. The minimum atomic E-state index is -0.941. The molecule has 1 aromatic heterocycles. The highest BCUT2D eigenvalue weighted by atomic mass is 35.5. The molecule has 0 aliphatic carbocycles. The number of nitrogens with one attached hydrogen (secondary N) is 2. The number of aliphatic hydroxyl groups excluding tert-OH is 1. The molecule has 2 amide bonds. The van der Waals surface area contributed by atoms with E-state index in [0.717, 1.165) is 5.56 Å². The molecule has 2 rings (SSSR count). The van der Waals surface area contributed by atoms with E-state index in [9.17, 15) is 14.7 Å². The predicted octanol–water partition coefficient (Wildman–Crippen LogP) is 2.03. The zero-order valence-electron chi connectivity index (χ0n) is 11.8. The van der Waals surface area contributed by atoms with Crippen LogP contribution in [0.15, 0.2) is 41.2 Å². The molecule has 0 fully saturated rings. The second-order valence-corrected chi connectivity index (χ2v) is 5.13. The standard InChI is InChI=1S/C15H15ClN2O4/c1-9-2-3-11(16)6-12(9)18-15(21)14(20)17-7-13(19)10-4-5-22-8-10/h2-6,8,13,19H,7H2,1H3,(H,17,20)(H,18,21). The van der Waals surface area contributed by atoms with Gasteiger partial charge in [0, 0.05) is 22.8 Å². The third kappa shape index (κ3) is 4.09. The first kappa shape index (κ1) is 16.1. The summed E-state index contributed by atoms with van der Waals surface area (Å²) in [5, 5.41) is 15.1. The molecule has 0 saturated heterocycles. The van der Waals surface area contributed by atoms with E-state index < -0.39 is 17.9 Å². The Labute approximate surface area is 132 Å². The summed E-state index contributed by atoms with van der Waals surface area (Å²) in [6.07, 6.45) is 1.84. The van der Waals surface area contributed by atoms with E-state index >= 15 is 0 Å². The van der Waals surface area contributed by atoms with Crippen molar-refractivity contribution in [3.05, 3.63) is 52.9 Å². The van der Waals surface area contributed by atoms with Crippen molar-refractivity contribution in [1.29, 1.82) is 0 Å². The number of benzene rings is 1. The first-order valence-corrected chi connectivity index (χ1v) is 6.90. The zero-order valence-corrected chi connectivity index (χ0v) is 12.6. The van der Waals surface area contributed by atoms with Gasteiger partial charge in [0.25, 0.3) is 0 Å². The van der Waals surface area contributed by atoms with E-state index in [-0.39, 0.29) is 6.54 Å². The molecule has 1 aromatic carbocycles. The van der Waals surface area contributed by atoms with Gasteiger partial charge >= 0.3 is 11.8 Å². The Bertz CT molecular complexity index is 670. The highest BCUT2D eigenvalue weighted by Gasteiger charge is 2.17. The van der Waals surface area contributed by atoms with Crippen LogP contribution in [0.3, 0.4) is 0 Å². The number of aliphatic hydroxyl groups is 1. The van der Waals surface area contributed by atoms with Crippen molar-refractivity contribution in [3.8, 4) is 0 Å². The van der Waals surface area contributed by atoms with Crippen LogP contribution in [-0.4, -0.2) is 23.5 Å². The summed E-state index contributed by atoms with van der Waals surface area (Å²) in [4.78, 5) is 23.5. The molecular weight excluding hydrogens is 308 g/mol. The lowest BCUT2D eigenvalue weighted by Gasteiger charge is -2.11. The van der Waals surface area contributed by atoms with Crippen LogP contribution in [0.4, 0.5) is 5.69 Å². The molecule has 0 radical (unpaired) electrons. The second-order valence-electron chi connectivity index (χ2n) is 4.70. The van der Waals surface area contributed by atoms with Crippen molar-refractivity contribution < 1.29 is 19.1 Å². The molecule has 6 nitrogen and oxygen atoms in total. The van der Waals surface area contributed by atoms with Crippen LogP contribution in [0.1, 0.15) is 17.2 Å². The summed E-state index contributed by atoms with van der Waals surface area (Å²) in [6.45, 7) is 1.69.